The van der Waals surface area contributed by atoms with Crippen molar-refractivity contribution in [2.75, 3.05) is 6.54 Å². The highest BCUT2D eigenvalue weighted by Gasteiger charge is 2.52. The molecule has 2 aliphatic rings. The zero-order valence-electron chi connectivity index (χ0n) is 12.3. The molecule has 0 bridgehead atoms. The molecule has 1 N–H and O–H groups in total. The van der Waals surface area contributed by atoms with Gasteiger partial charge in [-0.25, -0.2) is 4.79 Å². The van der Waals surface area contributed by atoms with Crippen molar-refractivity contribution in [3.63, 3.8) is 0 Å². The quantitative estimate of drug-likeness (QED) is 0.741. The van der Waals surface area contributed by atoms with E-state index < -0.39 is 6.09 Å². The summed E-state index contributed by atoms with van der Waals surface area (Å²) in [6.07, 6.45) is 1.69. The first-order chi connectivity index (χ1) is 8.64. The fraction of sp³-hybridized carbons (Fsp3) is 0.769. The van der Waals surface area contributed by atoms with Crippen LogP contribution in [0.25, 0.3) is 0 Å². The monoisotopic (exact) mass is 267 g/mol. The maximum atomic E-state index is 11.0. The number of carboxylic acid groups (broad SMARTS) is 1. The second-order valence-corrected chi connectivity index (χ2v) is 6.36. The maximum absolute atomic E-state index is 11.0. The standard InChI is InChI=1S/C13H22BNO4/c1-9-8-10(6-7-15(9)11(16)17)14-18-12(2,3)13(4,5)19-14/h6,9H,7-8H2,1-5H3,(H,16,17)/t9-/m0/s1. The predicted octanol–water partition coefficient (Wildman–Crippen LogP) is 2.32. The summed E-state index contributed by atoms with van der Waals surface area (Å²) in [5.41, 5.74) is 0.334. The van der Waals surface area contributed by atoms with E-state index in [4.69, 9.17) is 14.4 Å². The predicted molar refractivity (Wildman–Crippen MR) is 73.0 cm³/mol. The van der Waals surface area contributed by atoms with E-state index in [1.807, 2.05) is 40.7 Å². The number of hydrogen-bond donors (Lipinski definition) is 1. The first-order valence-electron chi connectivity index (χ1n) is 6.68. The molecule has 2 aliphatic heterocycles. The van der Waals surface area contributed by atoms with Crippen molar-refractivity contribution in [2.45, 2.75) is 58.3 Å². The zero-order chi connectivity index (χ0) is 14.4. The molecule has 0 aromatic rings. The molecule has 6 heteroatoms. The lowest BCUT2D eigenvalue weighted by Crippen LogP contribution is -2.42. The van der Waals surface area contributed by atoms with Gasteiger partial charge in [-0.15, -0.1) is 0 Å². The Morgan fingerprint density at radius 1 is 1.37 bits per heavy atom. The fourth-order valence-electron chi connectivity index (χ4n) is 2.38. The Bertz CT molecular complexity index is 403. The number of hydrogen-bond acceptors (Lipinski definition) is 3. The number of amides is 1. The highest BCUT2D eigenvalue weighted by atomic mass is 16.7. The minimum absolute atomic E-state index is 0.0449. The van der Waals surface area contributed by atoms with Crippen molar-refractivity contribution in [3.8, 4) is 0 Å². The number of rotatable bonds is 1. The molecule has 106 valence electrons. The molecule has 0 spiro atoms. The van der Waals surface area contributed by atoms with Crippen LogP contribution in [0.15, 0.2) is 11.5 Å². The van der Waals surface area contributed by atoms with Crippen molar-refractivity contribution in [1.29, 1.82) is 0 Å². The van der Waals surface area contributed by atoms with Crippen LogP contribution in [0.1, 0.15) is 41.0 Å². The van der Waals surface area contributed by atoms with Crippen LogP contribution in [0.5, 0.6) is 0 Å². The molecule has 0 aliphatic carbocycles. The van der Waals surface area contributed by atoms with Gasteiger partial charge in [-0.05, 0) is 46.5 Å². The molecule has 0 aromatic carbocycles. The van der Waals surface area contributed by atoms with Gasteiger partial charge in [0, 0.05) is 12.6 Å². The van der Waals surface area contributed by atoms with Gasteiger partial charge in [0.15, 0.2) is 0 Å². The van der Waals surface area contributed by atoms with Gasteiger partial charge in [0.25, 0.3) is 0 Å². The highest BCUT2D eigenvalue weighted by molar-refractivity contribution is 6.54. The summed E-state index contributed by atoms with van der Waals surface area (Å²) in [5, 5.41) is 9.06. The van der Waals surface area contributed by atoms with Gasteiger partial charge < -0.3 is 19.3 Å². The van der Waals surface area contributed by atoms with Crippen LogP contribution in [-0.4, -0.2) is 47.0 Å². The Morgan fingerprint density at radius 3 is 2.32 bits per heavy atom. The topological polar surface area (TPSA) is 59.0 Å². The molecule has 0 aromatic heterocycles. The highest BCUT2D eigenvalue weighted by Crippen LogP contribution is 2.39. The summed E-state index contributed by atoms with van der Waals surface area (Å²) < 4.78 is 12.0. The number of nitrogens with zero attached hydrogens (tertiary/aromatic N) is 1. The molecule has 1 atom stereocenters. The summed E-state index contributed by atoms with van der Waals surface area (Å²) >= 11 is 0. The molecule has 0 unspecified atom stereocenters. The Labute approximate surface area is 114 Å². The molecule has 5 nitrogen and oxygen atoms in total. The molecule has 2 rings (SSSR count). The third-order valence-electron chi connectivity index (χ3n) is 4.42. The smallest absolute Gasteiger partial charge is 0.465 e. The van der Waals surface area contributed by atoms with Crippen molar-refractivity contribution >= 4 is 13.2 Å². The van der Waals surface area contributed by atoms with E-state index in [0.717, 1.165) is 5.47 Å². The van der Waals surface area contributed by atoms with Gasteiger partial charge in [0.2, 0.25) is 0 Å². The minimum Gasteiger partial charge on any atom is -0.465 e. The van der Waals surface area contributed by atoms with E-state index in [0.29, 0.717) is 13.0 Å². The van der Waals surface area contributed by atoms with E-state index in [1.165, 1.54) is 4.90 Å². The Morgan fingerprint density at radius 2 is 1.89 bits per heavy atom. The lowest BCUT2D eigenvalue weighted by Gasteiger charge is -2.32. The molecule has 0 radical (unpaired) electrons. The van der Waals surface area contributed by atoms with Crippen LogP contribution >= 0.6 is 0 Å². The largest absolute Gasteiger partial charge is 0.490 e. The summed E-state index contributed by atoms with van der Waals surface area (Å²) in [7, 11) is -0.358. The fourth-order valence-corrected chi connectivity index (χ4v) is 2.38. The maximum Gasteiger partial charge on any atom is 0.490 e. The van der Waals surface area contributed by atoms with Crippen molar-refractivity contribution in [2.24, 2.45) is 0 Å². The first-order valence-corrected chi connectivity index (χ1v) is 6.68. The molecule has 1 fully saturated rings. The van der Waals surface area contributed by atoms with Gasteiger partial charge in [-0.3, -0.25) is 0 Å². The lowest BCUT2D eigenvalue weighted by atomic mass is 9.73. The second-order valence-electron chi connectivity index (χ2n) is 6.36. The van der Waals surface area contributed by atoms with E-state index in [9.17, 15) is 4.79 Å². The summed E-state index contributed by atoms with van der Waals surface area (Å²) in [4.78, 5) is 12.5. The van der Waals surface area contributed by atoms with Gasteiger partial charge in [0.1, 0.15) is 0 Å². The molecule has 1 saturated heterocycles. The van der Waals surface area contributed by atoms with Crippen LogP contribution in [0.4, 0.5) is 4.79 Å². The minimum atomic E-state index is -0.878. The van der Waals surface area contributed by atoms with Crippen molar-refractivity contribution in [1.82, 2.24) is 4.90 Å². The summed E-state index contributed by atoms with van der Waals surface area (Å²) in [6, 6.07) is -0.0449. The molecule has 0 saturated carbocycles. The molecule has 19 heavy (non-hydrogen) atoms. The Kier molecular flexibility index (Phi) is 3.43. The van der Waals surface area contributed by atoms with Crippen molar-refractivity contribution in [3.05, 3.63) is 11.5 Å². The Hall–Kier alpha value is -1.01. The second kappa shape index (κ2) is 4.53. The SMILES string of the molecule is C[C@H]1CC(B2OC(C)(C)C(C)(C)O2)=CCN1C(=O)O. The average Bonchev–Trinajstić information content (AvgIpc) is 2.47. The van der Waals surface area contributed by atoms with Gasteiger partial charge in [0.05, 0.1) is 11.2 Å². The van der Waals surface area contributed by atoms with Gasteiger partial charge in [-0.2, -0.15) is 0 Å². The van der Waals surface area contributed by atoms with Gasteiger partial charge in [-0.1, -0.05) is 6.08 Å². The number of carbonyl (C=O) groups is 1. The van der Waals surface area contributed by atoms with Crippen LogP contribution in [-0.2, 0) is 9.31 Å². The van der Waals surface area contributed by atoms with Crippen LogP contribution < -0.4 is 0 Å². The van der Waals surface area contributed by atoms with Gasteiger partial charge >= 0.3 is 13.2 Å². The van der Waals surface area contributed by atoms with E-state index in [1.54, 1.807) is 0 Å². The van der Waals surface area contributed by atoms with E-state index in [-0.39, 0.29) is 24.4 Å². The molecule has 1 amide bonds. The normalized spacial score (nSPS) is 29.3. The lowest BCUT2D eigenvalue weighted by molar-refractivity contribution is 0.00578. The summed E-state index contributed by atoms with van der Waals surface area (Å²) in [6.45, 7) is 10.4. The average molecular weight is 267 g/mol. The van der Waals surface area contributed by atoms with E-state index in [2.05, 4.69) is 0 Å². The van der Waals surface area contributed by atoms with Crippen LogP contribution in [0.2, 0.25) is 0 Å². The third-order valence-corrected chi connectivity index (χ3v) is 4.42. The molecular formula is C13H22BNO4. The van der Waals surface area contributed by atoms with Crippen molar-refractivity contribution < 1.29 is 19.2 Å². The first kappa shape index (κ1) is 14.4. The third kappa shape index (κ3) is 2.51. The Balaban J connectivity index is 2.12. The van der Waals surface area contributed by atoms with E-state index >= 15 is 0 Å². The molecule has 2 heterocycles. The van der Waals surface area contributed by atoms with Crippen LogP contribution in [0, 0.1) is 0 Å². The molecular weight excluding hydrogens is 245 g/mol. The zero-order valence-corrected chi connectivity index (χ0v) is 12.3. The van der Waals surface area contributed by atoms with Crippen LogP contribution in [0.3, 0.4) is 0 Å². The summed E-state index contributed by atoms with van der Waals surface area (Å²) in [5.74, 6) is 0.